The maximum absolute atomic E-state index is 11.5. The lowest BCUT2D eigenvalue weighted by Crippen LogP contribution is -2.26. The van der Waals surface area contributed by atoms with Crippen LogP contribution in [0.2, 0.25) is 0 Å². The van der Waals surface area contributed by atoms with Crippen LogP contribution in [0.25, 0.3) is 0 Å². The highest BCUT2D eigenvalue weighted by atomic mass is 16.5. The van der Waals surface area contributed by atoms with E-state index in [0.717, 1.165) is 11.3 Å². The highest BCUT2D eigenvalue weighted by molar-refractivity contribution is 5.75. The van der Waals surface area contributed by atoms with Gasteiger partial charge >= 0.3 is 0 Å². The fraction of sp³-hybridized carbons (Fsp3) is 0.533. The summed E-state index contributed by atoms with van der Waals surface area (Å²) >= 11 is 0. The molecule has 0 aliphatic carbocycles. The molecule has 118 valence electrons. The molecule has 6 nitrogen and oxygen atoms in total. The molecule has 1 N–H and O–H groups in total. The summed E-state index contributed by atoms with van der Waals surface area (Å²) in [4.78, 5) is 13.1. The van der Waals surface area contributed by atoms with Crippen molar-refractivity contribution in [1.82, 2.24) is 10.2 Å². The molecule has 0 aliphatic heterocycles. The normalized spacial score (nSPS) is 10.1. The number of hydrogen-bond donors (Lipinski definition) is 1. The number of benzene rings is 1. The number of amides is 1. The van der Waals surface area contributed by atoms with Crippen molar-refractivity contribution in [3.8, 4) is 17.2 Å². The molecule has 0 saturated heterocycles. The maximum atomic E-state index is 11.5. The van der Waals surface area contributed by atoms with Crippen molar-refractivity contribution in [3.05, 3.63) is 17.7 Å². The van der Waals surface area contributed by atoms with E-state index in [1.807, 2.05) is 6.07 Å². The number of nitrogens with zero attached hydrogens (tertiary/aromatic N) is 1. The van der Waals surface area contributed by atoms with E-state index in [1.165, 1.54) is 0 Å². The van der Waals surface area contributed by atoms with E-state index >= 15 is 0 Å². The van der Waals surface area contributed by atoms with Crippen LogP contribution < -0.4 is 19.5 Å². The molecule has 1 amide bonds. The average molecular weight is 296 g/mol. The van der Waals surface area contributed by atoms with Crippen LogP contribution in [0.4, 0.5) is 0 Å². The van der Waals surface area contributed by atoms with Crippen molar-refractivity contribution in [2.45, 2.75) is 13.0 Å². The summed E-state index contributed by atoms with van der Waals surface area (Å²) < 4.78 is 15.9. The Labute approximate surface area is 126 Å². The molecule has 0 radical (unpaired) electrons. The van der Waals surface area contributed by atoms with Gasteiger partial charge in [-0.1, -0.05) is 0 Å². The Kier molecular flexibility index (Phi) is 6.81. The van der Waals surface area contributed by atoms with Crippen LogP contribution in [-0.4, -0.2) is 52.8 Å². The average Bonchev–Trinajstić information content (AvgIpc) is 2.50. The molecule has 0 atom stereocenters. The van der Waals surface area contributed by atoms with Gasteiger partial charge in [0.05, 0.1) is 21.3 Å². The first-order valence-corrected chi connectivity index (χ1v) is 6.73. The van der Waals surface area contributed by atoms with Gasteiger partial charge in [-0.15, -0.1) is 0 Å². The molecular weight excluding hydrogens is 272 g/mol. The minimum absolute atomic E-state index is 0.0989. The lowest BCUT2D eigenvalue weighted by Gasteiger charge is -2.15. The SMILES string of the molecule is COc1cc(OC)c(OC)cc1CNCCC(=O)N(C)C. The highest BCUT2D eigenvalue weighted by Gasteiger charge is 2.11. The second-order valence-corrected chi connectivity index (χ2v) is 4.73. The van der Waals surface area contributed by atoms with Gasteiger partial charge in [-0.05, 0) is 6.07 Å². The Bertz CT molecular complexity index is 475. The summed E-state index contributed by atoms with van der Waals surface area (Å²) in [5.74, 6) is 2.10. The van der Waals surface area contributed by atoms with Crippen LogP contribution >= 0.6 is 0 Å². The molecule has 1 aromatic rings. The summed E-state index contributed by atoms with van der Waals surface area (Å²) in [6, 6.07) is 3.67. The number of nitrogens with one attached hydrogen (secondary N) is 1. The van der Waals surface area contributed by atoms with Crippen molar-refractivity contribution in [1.29, 1.82) is 0 Å². The second-order valence-electron chi connectivity index (χ2n) is 4.73. The number of carbonyl (C=O) groups is 1. The molecule has 0 heterocycles. The fourth-order valence-corrected chi connectivity index (χ4v) is 1.87. The topological polar surface area (TPSA) is 60.0 Å². The van der Waals surface area contributed by atoms with E-state index < -0.39 is 0 Å². The molecule has 0 bridgehead atoms. The van der Waals surface area contributed by atoms with Crippen LogP contribution in [0.3, 0.4) is 0 Å². The Balaban J connectivity index is 2.67. The van der Waals surface area contributed by atoms with Crippen molar-refractivity contribution in [2.75, 3.05) is 42.0 Å². The third kappa shape index (κ3) is 4.82. The zero-order valence-corrected chi connectivity index (χ0v) is 13.4. The molecule has 0 aliphatic rings. The van der Waals surface area contributed by atoms with Gasteiger partial charge in [0.15, 0.2) is 11.5 Å². The summed E-state index contributed by atoms with van der Waals surface area (Å²) in [7, 11) is 8.29. The van der Waals surface area contributed by atoms with Crippen molar-refractivity contribution >= 4 is 5.91 Å². The van der Waals surface area contributed by atoms with Gasteiger partial charge in [0.25, 0.3) is 0 Å². The van der Waals surface area contributed by atoms with Crippen LogP contribution in [0.15, 0.2) is 12.1 Å². The van der Waals surface area contributed by atoms with Crippen molar-refractivity contribution in [2.24, 2.45) is 0 Å². The van der Waals surface area contributed by atoms with Crippen LogP contribution in [0, 0.1) is 0 Å². The molecule has 1 rings (SSSR count). The first-order valence-electron chi connectivity index (χ1n) is 6.73. The van der Waals surface area contributed by atoms with Gasteiger partial charge < -0.3 is 24.4 Å². The van der Waals surface area contributed by atoms with Crippen LogP contribution in [0.5, 0.6) is 17.2 Å². The molecule has 1 aromatic carbocycles. The smallest absolute Gasteiger partial charge is 0.223 e. The summed E-state index contributed by atoms with van der Waals surface area (Å²) in [5.41, 5.74) is 0.951. The Morgan fingerprint density at radius 3 is 2.14 bits per heavy atom. The van der Waals surface area contributed by atoms with Gasteiger partial charge in [-0.3, -0.25) is 4.79 Å². The zero-order valence-electron chi connectivity index (χ0n) is 13.4. The number of hydrogen-bond acceptors (Lipinski definition) is 5. The monoisotopic (exact) mass is 296 g/mol. The summed E-state index contributed by atoms with van der Waals surface area (Å²) in [5, 5.41) is 3.23. The van der Waals surface area contributed by atoms with Crippen molar-refractivity contribution in [3.63, 3.8) is 0 Å². The molecule has 0 unspecified atom stereocenters. The predicted octanol–water partition coefficient (Wildman–Crippen LogP) is 1.28. The van der Waals surface area contributed by atoms with Gasteiger partial charge in [0.1, 0.15) is 5.75 Å². The largest absolute Gasteiger partial charge is 0.496 e. The maximum Gasteiger partial charge on any atom is 0.223 e. The fourth-order valence-electron chi connectivity index (χ4n) is 1.87. The molecule has 6 heteroatoms. The minimum Gasteiger partial charge on any atom is -0.496 e. The number of ether oxygens (including phenoxy) is 3. The molecule has 0 fully saturated rings. The van der Waals surface area contributed by atoms with E-state index in [2.05, 4.69) is 5.32 Å². The third-order valence-corrected chi connectivity index (χ3v) is 3.12. The minimum atomic E-state index is 0.0989. The lowest BCUT2D eigenvalue weighted by molar-refractivity contribution is -0.128. The number of methoxy groups -OCH3 is 3. The van der Waals surface area contributed by atoms with Gasteiger partial charge in [0.2, 0.25) is 5.91 Å². The molecular formula is C15H24N2O4. The van der Waals surface area contributed by atoms with E-state index in [4.69, 9.17) is 14.2 Å². The third-order valence-electron chi connectivity index (χ3n) is 3.12. The Morgan fingerprint density at radius 1 is 1.05 bits per heavy atom. The zero-order chi connectivity index (χ0) is 15.8. The van der Waals surface area contributed by atoms with Crippen molar-refractivity contribution < 1.29 is 19.0 Å². The van der Waals surface area contributed by atoms with Gasteiger partial charge in [-0.2, -0.15) is 0 Å². The van der Waals surface area contributed by atoms with E-state index in [-0.39, 0.29) is 5.91 Å². The molecule has 0 spiro atoms. The van der Waals surface area contributed by atoms with Crippen LogP contribution in [-0.2, 0) is 11.3 Å². The first kappa shape index (κ1) is 17.1. The first-order chi connectivity index (χ1) is 10.0. The van der Waals surface area contributed by atoms with Crippen LogP contribution in [0.1, 0.15) is 12.0 Å². The molecule has 0 saturated carbocycles. The van der Waals surface area contributed by atoms with E-state index in [0.29, 0.717) is 31.0 Å². The standard InChI is InChI=1S/C15H24N2O4/c1-17(2)15(18)6-7-16-10-11-8-13(20-4)14(21-5)9-12(11)19-3/h8-9,16H,6-7,10H2,1-5H3. The predicted molar refractivity (Wildman–Crippen MR) is 81.1 cm³/mol. The van der Waals surface area contributed by atoms with E-state index in [9.17, 15) is 4.79 Å². The van der Waals surface area contributed by atoms with Gasteiger partial charge in [-0.25, -0.2) is 0 Å². The number of carbonyl (C=O) groups excluding carboxylic acids is 1. The number of rotatable bonds is 8. The highest BCUT2D eigenvalue weighted by Crippen LogP contribution is 2.34. The Morgan fingerprint density at radius 2 is 1.62 bits per heavy atom. The molecule has 21 heavy (non-hydrogen) atoms. The quantitative estimate of drug-likeness (QED) is 0.732. The van der Waals surface area contributed by atoms with E-state index in [1.54, 1.807) is 46.4 Å². The lowest BCUT2D eigenvalue weighted by atomic mass is 10.1. The van der Waals surface area contributed by atoms with Gasteiger partial charge in [0, 0.05) is 45.2 Å². The Hall–Kier alpha value is -1.95. The summed E-state index contributed by atoms with van der Waals surface area (Å²) in [6.45, 7) is 1.19. The summed E-state index contributed by atoms with van der Waals surface area (Å²) in [6.07, 6.45) is 0.461. The molecule has 0 aromatic heterocycles. The second kappa shape index (κ2) is 8.36.